The molecule has 0 fully saturated rings. The lowest BCUT2D eigenvalue weighted by Gasteiger charge is -2.07. The first-order chi connectivity index (χ1) is 12.6. The first-order valence-electron chi connectivity index (χ1n) is 7.80. The van der Waals surface area contributed by atoms with E-state index in [0.717, 1.165) is 5.56 Å². The van der Waals surface area contributed by atoms with Crippen molar-refractivity contribution in [2.45, 2.75) is 12.8 Å². The summed E-state index contributed by atoms with van der Waals surface area (Å²) >= 11 is 1.41. The SMILES string of the molecule is N#CCc1ccc(NC(=O)COC(=O)CCNC(=O)c2ccsc2)cc1. The fourth-order valence-corrected chi connectivity index (χ4v) is 2.62. The predicted molar refractivity (Wildman–Crippen MR) is 96.6 cm³/mol. The fourth-order valence-electron chi connectivity index (χ4n) is 1.99. The normalized spacial score (nSPS) is 9.81. The summed E-state index contributed by atoms with van der Waals surface area (Å²) in [4.78, 5) is 35.0. The van der Waals surface area contributed by atoms with E-state index in [-0.39, 0.29) is 18.9 Å². The van der Waals surface area contributed by atoms with Gasteiger partial charge in [-0.05, 0) is 29.1 Å². The van der Waals surface area contributed by atoms with Gasteiger partial charge in [0.2, 0.25) is 0 Å². The van der Waals surface area contributed by atoms with Crippen LogP contribution in [0.15, 0.2) is 41.1 Å². The van der Waals surface area contributed by atoms with Gasteiger partial charge >= 0.3 is 5.97 Å². The van der Waals surface area contributed by atoms with Gasteiger partial charge in [-0.3, -0.25) is 14.4 Å². The zero-order chi connectivity index (χ0) is 18.8. The van der Waals surface area contributed by atoms with E-state index in [9.17, 15) is 14.4 Å². The molecule has 26 heavy (non-hydrogen) atoms. The van der Waals surface area contributed by atoms with Gasteiger partial charge in [0.1, 0.15) is 0 Å². The smallest absolute Gasteiger partial charge is 0.308 e. The highest BCUT2D eigenvalue weighted by Crippen LogP contribution is 2.10. The fraction of sp³-hybridized carbons (Fsp3) is 0.222. The number of thiophene rings is 1. The number of nitriles is 1. The Labute approximate surface area is 154 Å². The summed E-state index contributed by atoms with van der Waals surface area (Å²) < 4.78 is 4.87. The molecule has 2 rings (SSSR count). The van der Waals surface area contributed by atoms with Gasteiger partial charge in [0.05, 0.1) is 18.9 Å². The van der Waals surface area contributed by atoms with Gasteiger partial charge in [0, 0.05) is 23.2 Å². The number of rotatable bonds is 8. The first-order valence-corrected chi connectivity index (χ1v) is 8.74. The number of esters is 1. The van der Waals surface area contributed by atoms with Crippen LogP contribution in [0.5, 0.6) is 0 Å². The second kappa shape index (κ2) is 9.96. The molecule has 0 saturated heterocycles. The van der Waals surface area contributed by atoms with Crippen molar-refractivity contribution in [3.8, 4) is 6.07 Å². The molecule has 7 nitrogen and oxygen atoms in total. The molecule has 2 aromatic rings. The van der Waals surface area contributed by atoms with Crippen LogP contribution >= 0.6 is 11.3 Å². The highest BCUT2D eigenvalue weighted by Gasteiger charge is 2.10. The Kier molecular flexibility index (Phi) is 7.33. The Morgan fingerprint density at radius 2 is 1.92 bits per heavy atom. The summed E-state index contributed by atoms with van der Waals surface area (Å²) in [5.74, 6) is -1.29. The number of benzene rings is 1. The molecule has 0 aliphatic carbocycles. The van der Waals surface area contributed by atoms with Gasteiger partial charge in [-0.15, -0.1) is 0 Å². The Hall–Kier alpha value is -3.18. The maximum absolute atomic E-state index is 11.8. The first kappa shape index (κ1) is 19.1. The van der Waals surface area contributed by atoms with Crippen LogP contribution in [0.25, 0.3) is 0 Å². The average molecular weight is 371 g/mol. The van der Waals surface area contributed by atoms with Crippen LogP contribution in [-0.2, 0) is 20.7 Å². The van der Waals surface area contributed by atoms with E-state index in [4.69, 9.17) is 10.00 Å². The Balaban J connectivity index is 1.64. The van der Waals surface area contributed by atoms with E-state index in [0.29, 0.717) is 17.7 Å². The lowest BCUT2D eigenvalue weighted by molar-refractivity contribution is -0.147. The van der Waals surface area contributed by atoms with E-state index in [1.165, 1.54) is 11.3 Å². The van der Waals surface area contributed by atoms with Gasteiger partial charge in [0.25, 0.3) is 11.8 Å². The lowest BCUT2D eigenvalue weighted by Crippen LogP contribution is -2.27. The second-order valence-electron chi connectivity index (χ2n) is 5.26. The number of anilines is 1. The van der Waals surface area contributed by atoms with Crippen LogP contribution in [0.1, 0.15) is 22.3 Å². The van der Waals surface area contributed by atoms with Crippen molar-refractivity contribution in [1.82, 2.24) is 5.32 Å². The van der Waals surface area contributed by atoms with Crippen LogP contribution in [0.2, 0.25) is 0 Å². The third-order valence-electron chi connectivity index (χ3n) is 3.28. The molecule has 0 radical (unpaired) electrons. The van der Waals surface area contributed by atoms with Crippen molar-refractivity contribution in [3.63, 3.8) is 0 Å². The molecule has 134 valence electrons. The van der Waals surface area contributed by atoms with E-state index in [1.807, 2.05) is 6.07 Å². The topological polar surface area (TPSA) is 108 Å². The van der Waals surface area contributed by atoms with Gasteiger partial charge < -0.3 is 15.4 Å². The Morgan fingerprint density at radius 3 is 2.58 bits per heavy atom. The van der Waals surface area contributed by atoms with Gasteiger partial charge in [0.15, 0.2) is 6.61 Å². The minimum absolute atomic E-state index is 0.0218. The van der Waals surface area contributed by atoms with Gasteiger partial charge in [-0.1, -0.05) is 12.1 Å². The molecular formula is C18H17N3O4S. The van der Waals surface area contributed by atoms with Crippen LogP contribution in [-0.4, -0.2) is 30.9 Å². The molecule has 1 aromatic heterocycles. The molecule has 0 spiro atoms. The van der Waals surface area contributed by atoms with E-state index in [2.05, 4.69) is 10.6 Å². The number of nitrogens with zero attached hydrogens (tertiary/aromatic N) is 1. The average Bonchev–Trinajstić information content (AvgIpc) is 3.17. The van der Waals surface area contributed by atoms with Crippen LogP contribution in [0, 0.1) is 11.3 Å². The van der Waals surface area contributed by atoms with Gasteiger partial charge in [-0.2, -0.15) is 16.6 Å². The maximum Gasteiger partial charge on any atom is 0.308 e. The van der Waals surface area contributed by atoms with Crippen molar-refractivity contribution in [2.75, 3.05) is 18.5 Å². The number of hydrogen-bond acceptors (Lipinski definition) is 6. The number of nitrogens with one attached hydrogen (secondary N) is 2. The van der Waals surface area contributed by atoms with E-state index >= 15 is 0 Å². The second-order valence-corrected chi connectivity index (χ2v) is 6.04. The summed E-state index contributed by atoms with van der Waals surface area (Å²) in [5, 5.41) is 17.3. The maximum atomic E-state index is 11.8. The van der Waals surface area contributed by atoms with Crippen LogP contribution in [0.4, 0.5) is 5.69 Å². The van der Waals surface area contributed by atoms with E-state index in [1.54, 1.807) is 41.1 Å². The molecule has 2 amide bonds. The minimum Gasteiger partial charge on any atom is -0.456 e. The molecule has 2 N–H and O–H groups in total. The molecular weight excluding hydrogens is 354 g/mol. The molecule has 1 heterocycles. The third kappa shape index (κ3) is 6.37. The molecule has 1 aromatic carbocycles. The van der Waals surface area contributed by atoms with Crippen molar-refractivity contribution in [3.05, 3.63) is 52.2 Å². The summed E-state index contributed by atoms with van der Waals surface area (Å²) in [6.07, 6.45) is 0.279. The number of amides is 2. The van der Waals surface area contributed by atoms with Crippen molar-refractivity contribution in [2.24, 2.45) is 0 Å². The standard InChI is InChI=1S/C18H17N3O4S/c19-8-5-13-1-3-15(4-2-13)21-16(22)11-25-17(23)6-9-20-18(24)14-7-10-26-12-14/h1-4,7,10,12H,5-6,9,11H2,(H,20,24)(H,21,22). The molecule has 0 aliphatic rings. The molecule has 8 heteroatoms. The van der Waals surface area contributed by atoms with Crippen LogP contribution < -0.4 is 10.6 Å². The summed E-state index contributed by atoms with van der Waals surface area (Å²) in [7, 11) is 0. The molecule has 0 aliphatic heterocycles. The molecule has 0 saturated carbocycles. The molecule has 0 bridgehead atoms. The van der Waals surface area contributed by atoms with Crippen molar-refractivity contribution < 1.29 is 19.1 Å². The lowest BCUT2D eigenvalue weighted by atomic mass is 10.1. The summed E-state index contributed by atoms with van der Waals surface area (Å²) in [6, 6.07) is 10.5. The van der Waals surface area contributed by atoms with Gasteiger partial charge in [-0.25, -0.2) is 0 Å². The Morgan fingerprint density at radius 1 is 1.15 bits per heavy atom. The predicted octanol–water partition coefficient (Wildman–Crippen LogP) is 2.12. The Bertz CT molecular complexity index is 795. The largest absolute Gasteiger partial charge is 0.456 e. The van der Waals surface area contributed by atoms with Crippen LogP contribution in [0.3, 0.4) is 0 Å². The number of carbonyl (C=O) groups excluding carboxylic acids is 3. The number of carbonyl (C=O) groups is 3. The monoisotopic (exact) mass is 371 g/mol. The quantitative estimate of drug-likeness (QED) is 0.691. The van der Waals surface area contributed by atoms with Crippen molar-refractivity contribution in [1.29, 1.82) is 5.26 Å². The zero-order valence-electron chi connectivity index (χ0n) is 13.9. The summed E-state index contributed by atoms with van der Waals surface area (Å²) in [6.45, 7) is -0.271. The number of ether oxygens (including phenoxy) is 1. The zero-order valence-corrected chi connectivity index (χ0v) is 14.7. The van der Waals surface area contributed by atoms with Crippen molar-refractivity contribution >= 4 is 34.8 Å². The number of hydrogen-bond donors (Lipinski definition) is 2. The highest BCUT2D eigenvalue weighted by molar-refractivity contribution is 7.08. The third-order valence-corrected chi connectivity index (χ3v) is 3.97. The van der Waals surface area contributed by atoms with E-state index < -0.39 is 18.5 Å². The summed E-state index contributed by atoms with van der Waals surface area (Å²) in [5.41, 5.74) is 1.95. The highest BCUT2D eigenvalue weighted by atomic mass is 32.1. The minimum atomic E-state index is -0.574. The molecule has 0 atom stereocenters. The molecule has 0 unspecified atom stereocenters.